The number of hydrogen-bond donors (Lipinski definition) is 0. The van der Waals surface area contributed by atoms with Gasteiger partial charge in [-0.25, -0.2) is 4.57 Å². The minimum atomic E-state index is 0. The Labute approximate surface area is 97.9 Å². The Balaban J connectivity index is 0.00000169. The van der Waals surface area contributed by atoms with E-state index in [1.165, 1.54) is 29.7 Å². The molecule has 0 aliphatic heterocycles. The summed E-state index contributed by atoms with van der Waals surface area (Å²) in [5.41, 5.74) is 4.16. The minimum Gasteiger partial charge on any atom is -1.00 e. The van der Waals surface area contributed by atoms with Gasteiger partial charge in [0.1, 0.15) is 6.54 Å². The first kappa shape index (κ1) is 13.6. The summed E-state index contributed by atoms with van der Waals surface area (Å²) in [6.45, 7) is 9.94. The summed E-state index contributed by atoms with van der Waals surface area (Å²) in [5.74, 6) is 0. The molecule has 80 valence electrons. The maximum absolute atomic E-state index is 2.37. The fourth-order valence-electron chi connectivity index (χ4n) is 1.61. The SMILES string of the molecule is CCCC[n+]1cc(C)cc(C)c1C.[Br-]. The summed E-state index contributed by atoms with van der Waals surface area (Å²) < 4.78 is 2.37. The summed E-state index contributed by atoms with van der Waals surface area (Å²) in [6.07, 6.45) is 4.78. The van der Waals surface area contributed by atoms with Crippen LogP contribution >= 0.6 is 0 Å². The molecule has 0 atom stereocenters. The van der Waals surface area contributed by atoms with E-state index in [0.29, 0.717) is 0 Å². The van der Waals surface area contributed by atoms with Crippen molar-refractivity contribution in [1.82, 2.24) is 0 Å². The van der Waals surface area contributed by atoms with Gasteiger partial charge in [0.15, 0.2) is 11.9 Å². The number of pyridine rings is 1. The highest BCUT2D eigenvalue weighted by atomic mass is 79.9. The van der Waals surface area contributed by atoms with Crippen molar-refractivity contribution < 1.29 is 21.5 Å². The summed E-state index contributed by atoms with van der Waals surface area (Å²) in [5, 5.41) is 0. The van der Waals surface area contributed by atoms with Gasteiger partial charge in [0.05, 0.1) is 0 Å². The Bertz CT molecular complexity index is 295. The molecule has 0 N–H and O–H groups in total. The second-order valence-electron chi connectivity index (χ2n) is 3.83. The number of aromatic nitrogens is 1. The molecule has 0 bridgehead atoms. The van der Waals surface area contributed by atoms with Crippen molar-refractivity contribution >= 4 is 0 Å². The minimum absolute atomic E-state index is 0. The fraction of sp³-hybridized carbons (Fsp3) is 0.583. The predicted octanol–water partition coefficient (Wildman–Crippen LogP) is -0.297. The molecule has 0 unspecified atom stereocenters. The molecule has 1 aromatic rings. The average molecular weight is 258 g/mol. The monoisotopic (exact) mass is 257 g/mol. The fourth-order valence-corrected chi connectivity index (χ4v) is 1.61. The van der Waals surface area contributed by atoms with Gasteiger partial charge in [-0.3, -0.25) is 0 Å². The third kappa shape index (κ3) is 3.41. The molecule has 0 saturated carbocycles. The first-order chi connectivity index (χ1) is 6.15. The summed E-state index contributed by atoms with van der Waals surface area (Å²) in [4.78, 5) is 0. The molecule has 0 fully saturated rings. The van der Waals surface area contributed by atoms with Gasteiger partial charge < -0.3 is 17.0 Å². The van der Waals surface area contributed by atoms with Gasteiger partial charge in [-0.15, -0.1) is 0 Å². The zero-order valence-corrected chi connectivity index (χ0v) is 11.2. The lowest BCUT2D eigenvalue weighted by molar-refractivity contribution is -0.703. The Hall–Kier alpha value is -0.370. The van der Waals surface area contributed by atoms with Gasteiger partial charge in [-0.1, -0.05) is 13.3 Å². The van der Waals surface area contributed by atoms with Crippen LogP contribution in [0, 0.1) is 20.8 Å². The van der Waals surface area contributed by atoms with Crippen LogP contribution in [0.3, 0.4) is 0 Å². The van der Waals surface area contributed by atoms with Gasteiger partial charge in [-0.2, -0.15) is 0 Å². The molecule has 2 heteroatoms. The van der Waals surface area contributed by atoms with E-state index in [1.807, 2.05) is 0 Å². The largest absolute Gasteiger partial charge is 1.00 e. The number of hydrogen-bond acceptors (Lipinski definition) is 0. The molecule has 1 rings (SSSR count). The van der Waals surface area contributed by atoms with Gasteiger partial charge in [0.2, 0.25) is 0 Å². The lowest BCUT2D eigenvalue weighted by Crippen LogP contribution is -3.00. The summed E-state index contributed by atoms with van der Waals surface area (Å²) in [6, 6.07) is 2.25. The molecule has 0 saturated heterocycles. The van der Waals surface area contributed by atoms with E-state index in [0.717, 1.165) is 6.54 Å². The number of halogens is 1. The van der Waals surface area contributed by atoms with Crippen molar-refractivity contribution in [3.05, 3.63) is 29.1 Å². The molecule has 14 heavy (non-hydrogen) atoms. The standard InChI is InChI=1S/C12H20N.BrH/c1-5-6-7-13-9-10(2)8-11(3)12(13)4;/h8-9H,5-7H2,1-4H3;1H/q+1;/p-1. The molecule has 0 radical (unpaired) electrons. The van der Waals surface area contributed by atoms with Crippen molar-refractivity contribution in [3.8, 4) is 0 Å². The van der Waals surface area contributed by atoms with Crippen LogP contribution in [0.4, 0.5) is 0 Å². The van der Waals surface area contributed by atoms with Gasteiger partial charge >= 0.3 is 0 Å². The highest BCUT2D eigenvalue weighted by molar-refractivity contribution is 5.17. The van der Waals surface area contributed by atoms with Crippen molar-refractivity contribution in [2.75, 3.05) is 0 Å². The normalized spacial score (nSPS) is 9.71. The van der Waals surface area contributed by atoms with E-state index >= 15 is 0 Å². The van der Waals surface area contributed by atoms with Crippen LogP contribution in [0.2, 0.25) is 0 Å². The van der Waals surface area contributed by atoms with Gasteiger partial charge in [-0.05, 0) is 19.9 Å². The lowest BCUT2D eigenvalue weighted by Gasteiger charge is -2.03. The van der Waals surface area contributed by atoms with Crippen LogP contribution in [0.5, 0.6) is 0 Å². The first-order valence-corrected chi connectivity index (χ1v) is 5.12. The second-order valence-corrected chi connectivity index (χ2v) is 3.83. The number of rotatable bonds is 3. The molecule has 0 spiro atoms. The van der Waals surface area contributed by atoms with Gasteiger partial charge in [0, 0.05) is 24.5 Å². The van der Waals surface area contributed by atoms with E-state index in [4.69, 9.17) is 0 Å². The summed E-state index contributed by atoms with van der Waals surface area (Å²) >= 11 is 0. The molecule has 1 heterocycles. The first-order valence-electron chi connectivity index (χ1n) is 5.12. The van der Waals surface area contributed by atoms with Crippen molar-refractivity contribution in [2.24, 2.45) is 0 Å². The predicted molar refractivity (Wildman–Crippen MR) is 55.8 cm³/mol. The van der Waals surface area contributed by atoms with E-state index in [2.05, 4.69) is 44.5 Å². The van der Waals surface area contributed by atoms with E-state index < -0.39 is 0 Å². The Morgan fingerprint density at radius 2 is 1.86 bits per heavy atom. The molecule has 0 aromatic carbocycles. The topological polar surface area (TPSA) is 3.88 Å². The Kier molecular flexibility index (Phi) is 6.01. The van der Waals surface area contributed by atoms with Crippen molar-refractivity contribution in [1.29, 1.82) is 0 Å². The van der Waals surface area contributed by atoms with E-state index in [9.17, 15) is 0 Å². The lowest BCUT2D eigenvalue weighted by atomic mass is 10.1. The van der Waals surface area contributed by atoms with E-state index in [1.54, 1.807) is 0 Å². The van der Waals surface area contributed by atoms with Crippen LogP contribution in [0.1, 0.15) is 36.6 Å². The quantitative estimate of drug-likeness (QED) is 0.656. The molecule has 0 aliphatic carbocycles. The molecule has 0 aliphatic rings. The van der Waals surface area contributed by atoms with Crippen molar-refractivity contribution in [2.45, 2.75) is 47.1 Å². The number of unbranched alkanes of at least 4 members (excludes halogenated alkanes) is 1. The van der Waals surface area contributed by atoms with E-state index in [-0.39, 0.29) is 17.0 Å². The highest BCUT2D eigenvalue weighted by Gasteiger charge is 2.08. The number of aryl methyl sites for hydroxylation is 3. The maximum atomic E-state index is 2.37. The Morgan fingerprint density at radius 1 is 1.21 bits per heavy atom. The second kappa shape index (κ2) is 6.18. The molecule has 1 aromatic heterocycles. The number of nitrogens with zero attached hydrogens (tertiary/aromatic N) is 1. The Morgan fingerprint density at radius 3 is 2.43 bits per heavy atom. The third-order valence-electron chi connectivity index (χ3n) is 2.56. The third-order valence-corrected chi connectivity index (χ3v) is 2.56. The van der Waals surface area contributed by atoms with Crippen molar-refractivity contribution in [3.63, 3.8) is 0 Å². The van der Waals surface area contributed by atoms with Gasteiger partial charge in [0.25, 0.3) is 0 Å². The molecule has 1 nitrogen and oxygen atoms in total. The highest BCUT2D eigenvalue weighted by Crippen LogP contribution is 2.04. The zero-order valence-electron chi connectivity index (χ0n) is 9.60. The van der Waals surface area contributed by atoms with Crippen LogP contribution in [0.25, 0.3) is 0 Å². The average Bonchev–Trinajstić information content (AvgIpc) is 2.09. The van der Waals surface area contributed by atoms with Crippen LogP contribution < -0.4 is 21.5 Å². The van der Waals surface area contributed by atoms with Crippen LogP contribution in [-0.4, -0.2) is 0 Å². The zero-order chi connectivity index (χ0) is 9.84. The van der Waals surface area contributed by atoms with Crippen LogP contribution in [0.15, 0.2) is 12.3 Å². The summed E-state index contributed by atoms with van der Waals surface area (Å²) in [7, 11) is 0. The molecular weight excluding hydrogens is 238 g/mol. The molecule has 0 amide bonds. The maximum Gasteiger partial charge on any atom is 0.181 e. The molecular formula is C12H20BrN. The van der Waals surface area contributed by atoms with Crippen LogP contribution in [-0.2, 0) is 6.54 Å². The smallest absolute Gasteiger partial charge is 0.181 e.